The number of hydrogen-bond donors (Lipinski definition) is 1. The highest BCUT2D eigenvalue weighted by Crippen LogP contribution is 2.22. The van der Waals surface area contributed by atoms with E-state index in [1.807, 2.05) is 24.3 Å². The van der Waals surface area contributed by atoms with Gasteiger partial charge in [0.05, 0.1) is 16.3 Å². The molecule has 0 saturated heterocycles. The number of hydrogen-bond acceptors (Lipinski definition) is 3. The quantitative estimate of drug-likeness (QED) is 0.576. The van der Waals surface area contributed by atoms with Gasteiger partial charge in [-0.3, -0.25) is 4.79 Å². The molecule has 2 rings (SSSR count). The lowest BCUT2D eigenvalue weighted by Crippen LogP contribution is -2.44. The normalized spacial score (nSPS) is 11.6. The van der Waals surface area contributed by atoms with Crippen LogP contribution in [0, 0.1) is 0 Å². The Labute approximate surface area is 157 Å². The van der Waals surface area contributed by atoms with E-state index in [2.05, 4.69) is 17.5 Å². The summed E-state index contributed by atoms with van der Waals surface area (Å²) in [6.07, 6.45) is 2.36. The van der Waals surface area contributed by atoms with Gasteiger partial charge in [-0.2, -0.15) is 5.10 Å². The van der Waals surface area contributed by atoms with Crippen LogP contribution in [0.1, 0.15) is 31.9 Å². The molecule has 0 aliphatic rings. The minimum Gasteiger partial charge on any atom is -0.478 e. The monoisotopic (exact) mass is 378 g/mol. The van der Waals surface area contributed by atoms with Gasteiger partial charge in [-0.25, -0.2) is 5.43 Å². The van der Waals surface area contributed by atoms with E-state index >= 15 is 0 Å². The third kappa shape index (κ3) is 5.21. The Hall–Kier alpha value is -2.04. The zero-order chi connectivity index (χ0) is 18.4. The first-order valence-corrected chi connectivity index (χ1v) is 8.64. The first-order chi connectivity index (χ1) is 11.8. The number of amides is 1. The van der Waals surface area contributed by atoms with E-state index in [9.17, 15) is 4.79 Å². The van der Waals surface area contributed by atoms with Gasteiger partial charge >= 0.3 is 0 Å². The average molecular weight is 379 g/mol. The second-order valence-electron chi connectivity index (χ2n) is 5.94. The Morgan fingerprint density at radius 1 is 1.16 bits per heavy atom. The zero-order valence-electron chi connectivity index (χ0n) is 14.3. The summed E-state index contributed by atoms with van der Waals surface area (Å²) in [5.41, 5.74) is 3.12. The molecule has 6 heteroatoms. The summed E-state index contributed by atoms with van der Waals surface area (Å²) in [5.74, 6) is 0.238. The van der Waals surface area contributed by atoms with Crippen LogP contribution >= 0.6 is 23.2 Å². The highest BCUT2D eigenvalue weighted by molar-refractivity contribution is 6.38. The van der Waals surface area contributed by atoms with Crippen molar-refractivity contribution in [3.8, 4) is 5.75 Å². The molecular weight excluding hydrogens is 359 g/mol. The van der Waals surface area contributed by atoms with E-state index in [0.717, 1.165) is 6.42 Å². The number of aryl methyl sites for hydroxylation is 1. The molecule has 1 amide bonds. The van der Waals surface area contributed by atoms with Crippen LogP contribution in [-0.2, 0) is 11.2 Å². The van der Waals surface area contributed by atoms with Gasteiger partial charge in [0, 0.05) is 5.56 Å². The fourth-order valence-electron chi connectivity index (χ4n) is 2.06. The number of halogens is 2. The third-order valence-corrected chi connectivity index (χ3v) is 4.27. The van der Waals surface area contributed by atoms with Crippen molar-refractivity contribution in [2.75, 3.05) is 0 Å². The third-order valence-electron chi connectivity index (χ3n) is 3.61. The molecule has 2 aromatic rings. The van der Waals surface area contributed by atoms with Crippen LogP contribution in [0.3, 0.4) is 0 Å². The SMILES string of the molecule is CCc1ccc(OC(C)(C)C(=O)N/N=C/c2c(Cl)cccc2Cl)cc1. The summed E-state index contributed by atoms with van der Waals surface area (Å²) in [4.78, 5) is 12.3. The zero-order valence-corrected chi connectivity index (χ0v) is 15.9. The first kappa shape index (κ1) is 19.3. The molecule has 25 heavy (non-hydrogen) atoms. The Bertz CT molecular complexity index is 751. The Balaban J connectivity index is 2.01. The maximum Gasteiger partial charge on any atom is 0.283 e. The van der Waals surface area contributed by atoms with Crippen LogP contribution in [0.2, 0.25) is 10.0 Å². The molecule has 0 fully saturated rings. The van der Waals surface area contributed by atoms with Crippen LogP contribution in [0.4, 0.5) is 0 Å². The molecular formula is C19H20Cl2N2O2. The summed E-state index contributed by atoms with van der Waals surface area (Å²) in [6, 6.07) is 12.8. The first-order valence-electron chi connectivity index (χ1n) is 7.89. The predicted octanol–water partition coefficient (Wildman–Crippen LogP) is 4.86. The van der Waals surface area contributed by atoms with Gasteiger partial charge in [-0.1, -0.05) is 48.3 Å². The smallest absolute Gasteiger partial charge is 0.283 e. The lowest BCUT2D eigenvalue weighted by Gasteiger charge is -2.24. The van der Waals surface area contributed by atoms with E-state index < -0.39 is 5.60 Å². The van der Waals surface area contributed by atoms with E-state index in [4.69, 9.17) is 27.9 Å². The molecule has 0 radical (unpaired) electrons. The van der Waals surface area contributed by atoms with Gasteiger partial charge in [-0.05, 0) is 50.1 Å². The van der Waals surface area contributed by atoms with Crippen molar-refractivity contribution >= 4 is 35.3 Å². The molecule has 0 aliphatic carbocycles. The molecule has 2 aromatic carbocycles. The van der Waals surface area contributed by atoms with Crippen LogP contribution < -0.4 is 10.2 Å². The summed E-state index contributed by atoms with van der Waals surface area (Å²) in [6.45, 7) is 5.43. The van der Waals surface area contributed by atoms with Gasteiger partial charge in [0.1, 0.15) is 5.75 Å². The topological polar surface area (TPSA) is 50.7 Å². The molecule has 0 spiro atoms. The fourth-order valence-corrected chi connectivity index (χ4v) is 2.55. The minimum absolute atomic E-state index is 0.383. The van der Waals surface area contributed by atoms with Crippen molar-refractivity contribution in [3.05, 3.63) is 63.6 Å². The summed E-state index contributed by atoms with van der Waals surface area (Å²) >= 11 is 12.1. The summed E-state index contributed by atoms with van der Waals surface area (Å²) in [5, 5.41) is 4.84. The van der Waals surface area contributed by atoms with Crippen molar-refractivity contribution < 1.29 is 9.53 Å². The standard InChI is InChI=1S/C19H20Cl2N2O2/c1-4-13-8-10-14(11-9-13)25-19(2,3)18(24)23-22-12-15-16(20)6-5-7-17(15)21/h5-12H,4H2,1-3H3,(H,23,24)/b22-12+. The minimum atomic E-state index is -1.09. The van der Waals surface area contributed by atoms with E-state index in [1.54, 1.807) is 32.0 Å². The highest BCUT2D eigenvalue weighted by atomic mass is 35.5. The van der Waals surface area contributed by atoms with E-state index in [0.29, 0.717) is 21.4 Å². The predicted molar refractivity (Wildman–Crippen MR) is 103 cm³/mol. The van der Waals surface area contributed by atoms with Crippen molar-refractivity contribution in [2.24, 2.45) is 5.10 Å². The van der Waals surface area contributed by atoms with Crippen LogP contribution in [0.25, 0.3) is 0 Å². The number of carbonyl (C=O) groups excluding carboxylic acids is 1. The van der Waals surface area contributed by atoms with Crippen LogP contribution in [-0.4, -0.2) is 17.7 Å². The molecule has 1 N–H and O–H groups in total. The number of nitrogens with zero attached hydrogens (tertiary/aromatic N) is 1. The van der Waals surface area contributed by atoms with Crippen molar-refractivity contribution in [2.45, 2.75) is 32.8 Å². The van der Waals surface area contributed by atoms with Crippen molar-refractivity contribution in [1.29, 1.82) is 0 Å². The molecule has 4 nitrogen and oxygen atoms in total. The molecule has 0 saturated carbocycles. The fraction of sp³-hybridized carbons (Fsp3) is 0.263. The molecule has 0 aromatic heterocycles. The van der Waals surface area contributed by atoms with Crippen LogP contribution in [0.5, 0.6) is 5.75 Å². The van der Waals surface area contributed by atoms with Gasteiger partial charge in [0.25, 0.3) is 5.91 Å². The lowest BCUT2D eigenvalue weighted by atomic mass is 10.1. The second-order valence-corrected chi connectivity index (χ2v) is 6.76. The maximum atomic E-state index is 12.3. The molecule has 0 unspecified atom stereocenters. The number of benzene rings is 2. The number of carbonyl (C=O) groups is 1. The number of nitrogens with one attached hydrogen (secondary N) is 1. The van der Waals surface area contributed by atoms with E-state index in [-0.39, 0.29) is 5.91 Å². The molecule has 0 bridgehead atoms. The Morgan fingerprint density at radius 2 is 1.76 bits per heavy atom. The lowest BCUT2D eigenvalue weighted by molar-refractivity contribution is -0.134. The summed E-state index contributed by atoms with van der Waals surface area (Å²) in [7, 11) is 0. The largest absolute Gasteiger partial charge is 0.478 e. The highest BCUT2D eigenvalue weighted by Gasteiger charge is 2.29. The molecule has 132 valence electrons. The maximum absolute atomic E-state index is 12.3. The van der Waals surface area contributed by atoms with Gasteiger partial charge < -0.3 is 4.74 Å². The van der Waals surface area contributed by atoms with Gasteiger partial charge in [0.2, 0.25) is 0 Å². The number of hydrazone groups is 1. The molecule has 0 aliphatic heterocycles. The second kappa shape index (κ2) is 8.37. The van der Waals surface area contributed by atoms with Crippen molar-refractivity contribution in [3.63, 3.8) is 0 Å². The molecule has 0 atom stereocenters. The van der Waals surface area contributed by atoms with Crippen molar-refractivity contribution in [1.82, 2.24) is 5.43 Å². The Morgan fingerprint density at radius 3 is 2.32 bits per heavy atom. The van der Waals surface area contributed by atoms with Gasteiger partial charge in [-0.15, -0.1) is 0 Å². The van der Waals surface area contributed by atoms with E-state index in [1.165, 1.54) is 11.8 Å². The molecule has 0 heterocycles. The number of ether oxygens (including phenoxy) is 1. The van der Waals surface area contributed by atoms with Crippen LogP contribution in [0.15, 0.2) is 47.6 Å². The average Bonchev–Trinajstić information content (AvgIpc) is 2.57. The van der Waals surface area contributed by atoms with Gasteiger partial charge in [0.15, 0.2) is 5.60 Å². The number of rotatable bonds is 6. The Kier molecular flexibility index (Phi) is 6.45. The summed E-state index contributed by atoms with van der Waals surface area (Å²) < 4.78 is 5.78.